The van der Waals surface area contributed by atoms with Gasteiger partial charge in [0.2, 0.25) is 0 Å². The van der Waals surface area contributed by atoms with E-state index in [0.29, 0.717) is 10.6 Å². The SMILES string of the molecule is NC1CCN(C(=O)c2ccc(-c3cscc3Cl)nc2)CC1. The Kier molecular flexibility index (Phi) is 4.24. The summed E-state index contributed by atoms with van der Waals surface area (Å²) in [4.78, 5) is 18.6. The molecule has 2 N–H and O–H groups in total. The number of hydrogen-bond acceptors (Lipinski definition) is 4. The third kappa shape index (κ3) is 3.10. The minimum Gasteiger partial charge on any atom is -0.338 e. The molecule has 110 valence electrons. The lowest BCUT2D eigenvalue weighted by atomic mass is 10.1. The lowest BCUT2D eigenvalue weighted by molar-refractivity contribution is 0.0714. The molecule has 1 fully saturated rings. The van der Waals surface area contributed by atoms with Crippen molar-refractivity contribution in [3.05, 3.63) is 39.7 Å². The van der Waals surface area contributed by atoms with Crippen molar-refractivity contribution in [2.45, 2.75) is 18.9 Å². The third-order valence-corrected chi connectivity index (χ3v) is 4.91. The Labute approximate surface area is 132 Å². The summed E-state index contributed by atoms with van der Waals surface area (Å²) >= 11 is 7.63. The second kappa shape index (κ2) is 6.13. The summed E-state index contributed by atoms with van der Waals surface area (Å²) in [6, 6.07) is 3.87. The van der Waals surface area contributed by atoms with Crippen molar-refractivity contribution in [1.29, 1.82) is 0 Å². The highest BCUT2D eigenvalue weighted by Gasteiger charge is 2.21. The molecule has 3 heterocycles. The molecular formula is C15H16ClN3OS. The van der Waals surface area contributed by atoms with E-state index in [2.05, 4.69) is 4.98 Å². The minimum absolute atomic E-state index is 0.0253. The zero-order valence-electron chi connectivity index (χ0n) is 11.5. The van der Waals surface area contributed by atoms with Crippen LogP contribution in [0.15, 0.2) is 29.1 Å². The summed E-state index contributed by atoms with van der Waals surface area (Å²) in [7, 11) is 0. The van der Waals surface area contributed by atoms with E-state index in [1.54, 1.807) is 6.20 Å². The average Bonchev–Trinajstić information content (AvgIpc) is 2.94. The average molecular weight is 322 g/mol. The van der Waals surface area contributed by atoms with Crippen LogP contribution in [0, 0.1) is 0 Å². The second-order valence-corrected chi connectivity index (χ2v) is 6.35. The number of pyridine rings is 1. The normalized spacial score (nSPS) is 16.2. The number of thiophene rings is 1. The summed E-state index contributed by atoms with van der Waals surface area (Å²) < 4.78 is 0. The van der Waals surface area contributed by atoms with E-state index in [1.165, 1.54) is 11.3 Å². The predicted octanol–water partition coefficient (Wildman–Crippen LogP) is 3.03. The maximum Gasteiger partial charge on any atom is 0.255 e. The fourth-order valence-electron chi connectivity index (χ4n) is 2.43. The molecule has 4 nitrogen and oxygen atoms in total. The van der Waals surface area contributed by atoms with Crippen molar-refractivity contribution < 1.29 is 4.79 Å². The smallest absolute Gasteiger partial charge is 0.255 e. The number of rotatable bonds is 2. The van der Waals surface area contributed by atoms with Gasteiger partial charge in [0.05, 0.1) is 16.3 Å². The van der Waals surface area contributed by atoms with Crippen molar-refractivity contribution in [2.75, 3.05) is 13.1 Å². The highest BCUT2D eigenvalue weighted by molar-refractivity contribution is 7.09. The molecule has 0 unspecified atom stereocenters. The molecule has 0 atom stereocenters. The molecule has 2 aromatic heterocycles. The summed E-state index contributed by atoms with van der Waals surface area (Å²) in [5.74, 6) is 0.0253. The fraction of sp³-hybridized carbons (Fsp3) is 0.333. The number of piperidine rings is 1. The number of aromatic nitrogens is 1. The topological polar surface area (TPSA) is 59.2 Å². The van der Waals surface area contributed by atoms with E-state index in [1.807, 2.05) is 27.8 Å². The number of halogens is 1. The highest BCUT2D eigenvalue weighted by atomic mass is 35.5. The second-order valence-electron chi connectivity index (χ2n) is 5.20. The van der Waals surface area contributed by atoms with E-state index < -0.39 is 0 Å². The first kappa shape index (κ1) is 14.5. The lowest BCUT2D eigenvalue weighted by Crippen LogP contribution is -2.42. The Balaban J connectivity index is 1.75. The molecule has 0 spiro atoms. The van der Waals surface area contributed by atoms with Gasteiger partial charge in [0.1, 0.15) is 0 Å². The van der Waals surface area contributed by atoms with E-state index in [-0.39, 0.29) is 11.9 Å². The van der Waals surface area contributed by atoms with Gasteiger partial charge in [-0.05, 0) is 25.0 Å². The first-order chi connectivity index (χ1) is 10.1. The van der Waals surface area contributed by atoms with Gasteiger partial charge in [0.15, 0.2) is 0 Å². The maximum atomic E-state index is 12.4. The van der Waals surface area contributed by atoms with Crippen molar-refractivity contribution in [1.82, 2.24) is 9.88 Å². The number of carbonyl (C=O) groups is 1. The van der Waals surface area contributed by atoms with Crippen LogP contribution in [0.1, 0.15) is 23.2 Å². The van der Waals surface area contributed by atoms with Crippen LogP contribution in [0.4, 0.5) is 0 Å². The van der Waals surface area contributed by atoms with Gasteiger partial charge in [-0.3, -0.25) is 9.78 Å². The standard InChI is InChI=1S/C15H16ClN3OS/c16-13-9-21-8-12(13)14-2-1-10(7-18-14)15(20)19-5-3-11(17)4-6-19/h1-2,7-9,11H,3-6,17H2. The summed E-state index contributed by atoms with van der Waals surface area (Å²) in [6.45, 7) is 1.44. The number of nitrogens with zero attached hydrogens (tertiary/aromatic N) is 2. The summed E-state index contributed by atoms with van der Waals surface area (Å²) in [5.41, 5.74) is 8.17. The molecule has 1 amide bonds. The lowest BCUT2D eigenvalue weighted by Gasteiger charge is -2.30. The van der Waals surface area contributed by atoms with Crippen LogP contribution in [-0.4, -0.2) is 34.9 Å². The maximum absolute atomic E-state index is 12.4. The third-order valence-electron chi connectivity index (χ3n) is 3.73. The summed E-state index contributed by atoms with van der Waals surface area (Å²) in [6.07, 6.45) is 3.35. The molecule has 2 aromatic rings. The number of amides is 1. The Morgan fingerprint density at radius 3 is 2.67 bits per heavy atom. The molecular weight excluding hydrogens is 306 g/mol. The summed E-state index contributed by atoms with van der Waals surface area (Å²) in [5, 5.41) is 4.52. The molecule has 1 saturated heterocycles. The van der Waals surface area contributed by atoms with Crippen LogP contribution in [0.5, 0.6) is 0 Å². The quantitative estimate of drug-likeness (QED) is 0.925. The molecule has 1 aliphatic rings. The highest BCUT2D eigenvalue weighted by Crippen LogP contribution is 2.29. The van der Waals surface area contributed by atoms with Crippen LogP contribution < -0.4 is 5.73 Å². The number of likely N-dealkylation sites (tertiary alicyclic amines) is 1. The molecule has 0 aliphatic carbocycles. The monoisotopic (exact) mass is 321 g/mol. The van der Waals surface area contributed by atoms with Gasteiger partial charge in [-0.25, -0.2) is 0 Å². The zero-order chi connectivity index (χ0) is 14.8. The van der Waals surface area contributed by atoms with Gasteiger partial charge in [-0.2, -0.15) is 11.3 Å². The minimum atomic E-state index is 0.0253. The van der Waals surface area contributed by atoms with Gasteiger partial charge in [0.25, 0.3) is 5.91 Å². The fourth-order valence-corrected chi connectivity index (χ4v) is 3.50. The molecule has 6 heteroatoms. The van der Waals surface area contributed by atoms with Crippen molar-refractivity contribution in [3.63, 3.8) is 0 Å². The Hall–Kier alpha value is -1.43. The molecule has 0 radical (unpaired) electrons. The Morgan fingerprint density at radius 2 is 2.10 bits per heavy atom. The van der Waals surface area contributed by atoms with E-state index in [4.69, 9.17) is 17.3 Å². The van der Waals surface area contributed by atoms with Crippen LogP contribution >= 0.6 is 22.9 Å². The first-order valence-corrected chi connectivity index (χ1v) is 8.20. The van der Waals surface area contributed by atoms with E-state index in [0.717, 1.165) is 37.2 Å². The van der Waals surface area contributed by atoms with Gasteiger partial charge in [-0.1, -0.05) is 11.6 Å². The number of carbonyl (C=O) groups excluding carboxylic acids is 1. The van der Waals surface area contributed by atoms with Crippen molar-refractivity contribution in [2.24, 2.45) is 5.73 Å². The number of nitrogens with two attached hydrogens (primary N) is 1. The largest absolute Gasteiger partial charge is 0.338 e. The van der Waals surface area contributed by atoms with Gasteiger partial charge >= 0.3 is 0 Å². The molecule has 0 bridgehead atoms. The van der Waals surface area contributed by atoms with Crippen LogP contribution in [0.3, 0.4) is 0 Å². The van der Waals surface area contributed by atoms with Gasteiger partial charge in [-0.15, -0.1) is 0 Å². The molecule has 0 aromatic carbocycles. The van der Waals surface area contributed by atoms with Crippen LogP contribution in [0.2, 0.25) is 5.02 Å². The molecule has 0 saturated carbocycles. The van der Waals surface area contributed by atoms with E-state index in [9.17, 15) is 4.79 Å². The molecule has 21 heavy (non-hydrogen) atoms. The van der Waals surface area contributed by atoms with Crippen molar-refractivity contribution in [3.8, 4) is 11.3 Å². The Morgan fingerprint density at radius 1 is 1.33 bits per heavy atom. The van der Waals surface area contributed by atoms with Crippen LogP contribution in [0.25, 0.3) is 11.3 Å². The zero-order valence-corrected chi connectivity index (χ0v) is 13.0. The predicted molar refractivity (Wildman–Crippen MR) is 85.7 cm³/mol. The first-order valence-electron chi connectivity index (χ1n) is 6.88. The van der Waals surface area contributed by atoms with Crippen molar-refractivity contribution >= 4 is 28.8 Å². The molecule has 1 aliphatic heterocycles. The van der Waals surface area contributed by atoms with Gasteiger partial charge < -0.3 is 10.6 Å². The number of hydrogen-bond donors (Lipinski definition) is 1. The van der Waals surface area contributed by atoms with E-state index >= 15 is 0 Å². The van der Waals surface area contributed by atoms with Crippen LogP contribution in [-0.2, 0) is 0 Å². The molecule has 3 rings (SSSR count). The Bertz CT molecular complexity index is 633. The van der Waals surface area contributed by atoms with Gasteiger partial charge in [0, 0.05) is 41.7 Å².